The Kier molecular flexibility index (Phi) is 21.8. The Morgan fingerprint density at radius 1 is 0.615 bits per heavy atom. The van der Waals surface area contributed by atoms with Crippen molar-refractivity contribution in [3.63, 3.8) is 0 Å². The molecule has 0 fully saturated rings. The van der Waals surface area contributed by atoms with Gasteiger partial charge in [-0.2, -0.15) is 13.5 Å². The highest BCUT2D eigenvalue weighted by Crippen LogP contribution is 2.36. The van der Waals surface area contributed by atoms with Gasteiger partial charge in [0, 0.05) is 49.2 Å². The molecule has 0 aliphatic heterocycles. The number of fused-ring (bicyclic) bond motifs is 1. The fraction of sp³-hybridized carbons (Fsp3) is 0.395. The van der Waals surface area contributed by atoms with E-state index in [0.717, 1.165) is 15.7 Å². The van der Waals surface area contributed by atoms with Crippen LogP contribution in [0.25, 0.3) is 10.8 Å². The molecule has 2 heterocycles. The highest BCUT2D eigenvalue weighted by Gasteiger charge is 2.23. The second kappa shape index (κ2) is 25.4. The van der Waals surface area contributed by atoms with E-state index in [2.05, 4.69) is 20.5 Å². The lowest BCUT2D eigenvalue weighted by Gasteiger charge is -2.17. The van der Waals surface area contributed by atoms with Crippen LogP contribution in [-0.2, 0) is 29.8 Å². The summed E-state index contributed by atoms with van der Waals surface area (Å²) in [5, 5.41) is 37.9. The molecular weight excluding hydrogens is 844 g/mol. The van der Waals surface area contributed by atoms with Gasteiger partial charge in [-0.3, -0.25) is 23.3 Å². The number of nitrogens with zero attached hydrogens (tertiary/aromatic N) is 10. The van der Waals surface area contributed by atoms with Gasteiger partial charge < -0.3 is 29.5 Å². The van der Waals surface area contributed by atoms with Gasteiger partial charge in [-0.1, -0.05) is 49.7 Å². The summed E-state index contributed by atoms with van der Waals surface area (Å²) in [5.41, 5.74) is 3.23. The molecule has 0 unspecified atom stereocenters. The molecule has 0 saturated carbocycles. The Balaban J connectivity index is 0.000000428. The monoisotopic (exact) mass is 902 g/mol. The van der Waals surface area contributed by atoms with Gasteiger partial charge in [0.05, 0.1) is 5.69 Å². The third-order valence-electron chi connectivity index (χ3n) is 9.52. The maximum absolute atomic E-state index is 13.1. The van der Waals surface area contributed by atoms with Crippen molar-refractivity contribution in [1.29, 1.82) is 0 Å². The molecule has 0 aliphatic carbocycles. The molecule has 0 spiro atoms. The van der Waals surface area contributed by atoms with Gasteiger partial charge in [-0.05, 0) is 116 Å². The first kappa shape index (κ1) is 55.8. The second-order valence-corrected chi connectivity index (χ2v) is 16.6. The van der Waals surface area contributed by atoms with Gasteiger partial charge >= 0.3 is 0 Å². The summed E-state index contributed by atoms with van der Waals surface area (Å²) < 4.78 is 37.4. The van der Waals surface area contributed by atoms with E-state index in [9.17, 15) is 32.8 Å². The summed E-state index contributed by atoms with van der Waals surface area (Å²) in [4.78, 5) is 31.0. The Morgan fingerprint density at radius 2 is 1.06 bits per heavy atom. The van der Waals surface area contributed by atoms with Crippen molar-refractivity contribution < 1.29 is 23.2 Å². The number of hydrogen-bond donors (Lipinski definition) is 3. The molecule has 22 heteroatoms. The molecule has 5 rings (SSSR count). The zero-order valence-electron chi connectivity index (χ0n) is 39.4. The fourth-order valence-electron chi connectivity index (χ4n) is 6.12. The average molecular weight is 902 g/mol. The molecule has 0 saturated heterocycles. The minimum absolute atomic E-state index is 0.0620. The molecule has 2 aromatic heterocycles. The zero-order valence-corrected chi connectivity index (χ0v) is 40.2. The van der Waals surface area contributed by atoms with E-state index in [-0.39, 0.29) is 59.4 Å². The lowest BCUT2D eigenvalue weighted by Crippen LogP contribution is -2.28. The van der Waals surface area contributed by atoms with Gasteiger partial charge in [0.25, 0.3) is 21.2 Å². The standard InChI is InChI=1S/C23H27B2N5O5S.C16H19BN4O2.C2H6BN.C2H6/c1-13-10-16(12-29(5)25)17-6-7-19(21(18(17)11-13)36(33,34)35)26-27-20-14(2)15(3)22(31)30(23(20)32)9-8-28(4)24;1-11-12(2)15(22)21(10-9-20(3)17)16(23)14(11)19-18-13-7-5-4-6-8-13;1-4(2)3;1-2/h6-7,10-11,31H,8-9,12H2,1-5H3,(H,33,34,35);4-8,22H,9-10H2,1-3H3;1-2H3;1-2H3. The first-order valence-corrected chi connectivity index (χ1v) is 21.9. The molecule has 0 aliphatic rings. The first-order valence-electron chi connectivity index (χ1n) is 20.4. The Hall–Kier alpha value is -5.37. The minimum Gasteiger partial charge on any atom is -0.494 e. The molecule has 0 atom stereocenters. The molecule has 8 radical (unpaired) electrons. The van der Waals surface area contributed by atoms with E-state index < -0.39 is 20.6 Å². The first-order chi connectivity index (χ1) is 30.4. The molecule has 3 aromatic carbocycles. The van der Waals surface area contributed by atoms with Crippen LogP contribution in [0.1, 0.15) is 47.2 Å². The van der Waals surface area contributed by atoms with Gasteiger partial charge in [0.2, 0.25) is 0 Å². The van der Waals surface area contributed by atoms with Crippen LogP contribution in [-0.4, -0.2) is 132 Å². The van der Waals surface area contributed by atoms with Crippen LogP contribution in [0.15, 0.2) is 89.5 Å². The third-order valence-corrected chi connectivity index (χ3v) is 10.5. The van der Waals surface area contributed by atoms with Crippen molar-refractivity contribution in [2.45, 2.75) is 73.0 Å². The molecule has 65 heavy (non-hydrogen) atoms. The van der Waals surface area contributed by atoms with Crippen molar-refractivity contribution in [3.05, 3.63) is 109 Å². The predicted molar refractivity (Wildman–Crippen MR) is 262 cm³/mol. The van der Waals surface area contributed by atoms with E-state index >= 15 is 0 Å². The topological polar surface area (TPSA) is 201 Å². The van der Waals surface area contributed by atoms with Gasteiger partial charge in [-0.25, -0.2) is 0 Å². The minimum atomic E-state index is -4.73. The van der Waals surface area contributed by atoms with Crippen LogP contribution in [0.3, 0.4) is 0 Å². The number of rotatable bonds is 13. The fourth-order valence-corrected chi connectivity index (χ4v) is 6.94. The Morgan fingerprint density at radius 3 is 1.48 bits per heavy atom. The summed E-state index contributed by atoms with van der Waals surface area (Å²) in [6.07, 6.45) is 0. The van der Waals surface area contributed by atoms with Gasteiger partial charge in [-0.15, -0.1) is 15.3 Å². The van der Waals surface area contributed by atoms with E-state index in [0.29, 0.717) is 46.4 Å². The van der Waals surface area contributed by atoms with Crippen LogP contribution >= 0.6 is 0 Å². The summed E-state index contributed by atoms with van der Waals surface area (Å²) in [7, 11) is 25.8. The maximum atomic E-state index is 13.1. The summed E-state index contributed by atoms with van der Waals surface area (Å²) in [6, 6.07) is 15.8. The van der Waals surface area contributed by atoms with Gasteiger partial charge in [0.15, 0.2) is 55.1 Å². The summed E-state index contributed by atoms with van der Waals surface area (Å²) in [5.74, 6) is -0.275. The lowest BCUT2D eigenvalue weighted by molar-refractivity contribution is 0.384. The smallest absolute Gasteiger partial charge is 0.297 e. The van der Waals surface area contributed by atoms with Crippen LogP contribution in [0.2, 0.25) is 0 Å². The van der Waals surface area contributed by atoms with Crippen LogP contribution < -0.4 is 11.1 Å². The largest absolute Gasteiger partial charge is 0.494 e. The molecule has 0 amide bonds. The molecule has 0 bridgehead atoms. The predicted octanol–water partition coefficient (Wildman–Crippen LogP) is 6.08. The third kappa shape index (κ3) is 15.6. The van der Waals surface area contributed by atoms with Crippen molar-refractivity contribution in [2.75, 3.05) is 48.3 Å². The number of pyridine rings is 2. The quantitative estimate of drug-likeness (QED) is 0.0702. The lowest BCUT2D eigenvalue weighted by atomic mass is 9.99. The molecule has 5 aromatic rings. The number of aromatic hydroxyl groups is 2. The zero-order chi connectivity index (χ0) is 49.5. The number of benzene rings is 3. The number of hydrogen-bond acceptors (Lipinski definition) is 14. The van der Waals surface area contributed by atoms with E-state index in [1.165, 1.54) is 29.9 Å². The Labute approximate surface area is 388 Å². The number of likely N-dealkylation sites (N-methyl/N-ethyl adjacent to an activating group) is 2. The average Bonchev–Trinajstić information content (AvgIpc) is 3.22. The maximum Gasteiger partial charge on any atom is 0.297 e. The highest BCUT2D eigenvalue weighted by atomic mass is 32.2. The molecule has 17 nitrogen and oxygen atoms in total. The summed E-state index contributed by atoms with van der Waals surface area (Å²) in [6.45, 7) is 13.9. The normalized spacial score (nSPS) is 11.6. The molecule has 3 N–H and O–H groups in total. The van der Waals surface area contributed by atoms with E-state index in [1.54, 1.807) is 94.1 Å². The van der Waals surface area contributed by atoms with Crippen molar-refractivity contribution >= 4 is 75.6 Å². The SMILES string of the molecule is CC.[B]N(C)C.[B]N(C)CCn1c(O)c(C)c(C)c(N=Nc2ccc3c(CN([B])C)cc(C)cc3c2S(=O)(=O)O)c1=O.[B]N(C)CCn1c(O)c(C)c(C)c(N=Nc2ccccc2)c1=O. The number of aryl methyl sites for hydroxylation is 1. The van der Waals surface area contributed by atoms with E-state index in [4.69, 9.17) is 31.9 Å². The highest BCUT2D eigenvalue weighted by molar-refractivity contribution is 7.86. The second-order valence-electron chi connectivity index (χ2n) is 15.2. The summed E-state index contributed by atoms with van der Waals surface area (Å²) >= 11 is 0. The van der Waals surface area contributed by atoms with Crippen LogP contribution in [0, 0.1) is 34.6 Å². The van der Waals surface area contributed by atoms with Crippen LogP contribution in [0.4, 0.5) is 22.7 Å². The van der Waals surface area contributed by atoms with Crippen molar-refractivity contribution in [1.82, 2.24) is 28.4 Å². The van der Waals surface area contributed by atoms with Crippen molar-refractivity contribution in [2.24, 2.45) is 20.5 Å². The molecular formula is C43H58B4N10O7S. The van der Waals surface area contributed by atoms with E-state index in [1.807, 2.05) is 38.1 Å². The van der Waals surface area contributed by atoms with Crippen LogP contribution in [0.5, 0.6) is 11.8 Å². The Bertz CT molecular complexity index is 2690. The molecule has 340 valence electrons. The number of aromatic nitrogens is 2. The van der Waals surface area contributed by atoms with Gasteiger partial charge in [0.1, 0.15) is 10.6 Å². The van der Waals surface area contributed by atoms with Crippen molar-refractivity contribution in [3.8, 4) is 11.8 Å². The number of azo groups is 2.